The van der Waals surface area contributed by atoms with Crippen molar-refractivity contribution in [3.63, 3.8) is 0 Å². The van der Waals surface area contributed by atoms with Gasteiger partial charge in [0.25, 0.3) is 0 Å². The van der Waals surface area contributed by atoms with Crippen LogP contribution in [0.4, 0.5) is 0 Å². The van der Waals surface area contributed by atoms with Crippen LogP contribution < -0.4 is 0 Å². The van der Waals surface area contributed by atoms with E-state index in [1.807, 2.05) is 0 Å². The summed E-state index contributed by atoms with van der Waals surface area (Å²) in [7, 11) is 1.55. The number of rotatable bonds is 5. The molecule has 0 radical (unpaired) electrons. The number of hydrogen-bond acceptors (Lipinski definition) is 2. The molecule has 0 atom stereocenters. The van der Waals surface area contributed by atoms with E-state index in [0.29, 0.717) is 12.3 Å². The quantitative estimate of drug-likeness (QED) is 0.586. The van der Waals surface area contributed by atoms with Crippen LogP contribution in [0.5, 0.6) is 0 Å². The average Bonchev–Trinajstić information content (AvgIpc) is 1.85. The summed E-state index contributed by atoms with van der Waals surface area (Å²) in [5.74, 6) is 0.817. The van der Waals surface area contributed by atoms with Gasteiger partial charge >= 0.3 is 0 Å². The Balaban J connectivity index is 3.22. The van der Waals surface area contributed by atoms with Crippen molar-refractivity contribution < 1.29 is 9.53 Å². The van der Waals surface area contributed by atoms with Gasteiger partial charge in [0.15, 0.2) is 5.78 Å². The van der Waals surface area contributed by atoms with Crippen LogP contribution in [0.1, 0.15) is 26.7 Å². The highest BCUT2D eigenvalue weighted by molar-refractivity contribution is 5.79. The second-order valence-electron chi connectivity index (χ2n) is 2.90. The number of methoxy groups -OCH3 is 1. The molecule has 0 spiro atoms. The molecular formula is C8H16O2. The Hall–Kier alpha value is -0.370. The van der Waals surface area contributed by atoms with Crippen LogP contribution in [-0.4, -0.2) is 19.5 Å². The molecule has 2 heteroatoms. The predicted octanol–water partition coefficient (Wildman–Crippen LogP) is 1.64. The van der Waals surface area contributed by atoms with Gasteiger partial charge in [-0.2, -0.15) is 0 Å². The molecule has 60 valence electrons. The van der Waals surface area contributed by atoms with Gasteiger partial charge in [0.1, 0.15) is 6.61 Å². The molecule has 0 saturated carbocycles. The van der Waals surface area contributed by atoms with E-state index in [1.54, 1.807) is 7.11 Å². The van der Waals surface area contributed by atoms with Gasteiger partial charge in [0.2, 0.25) is 0 Å². The molecule has 0 aromatic rings. The summed E-state index contributed by atoms with van der Waals surface area (Å²) in [5.41, 5.74) is 0. The van der Waals surface area contributed by atoms with Crippen molar-refractivity contribution >= 4 is 5.78 Å². The molecule has 10 heavy (non-hydrogen) atoms. The molecule has 0 fully saturated rings. The molecule has 0 bridgehead atoms. The smallest absolute Gasteiger partial charge is 0.158 e. The first kappa shape index (κ1) is 9.63. The molecule has 0 heterocycles. The Bertz CT molecular complexity index is 97.4. The van der Waals surface area contributed by atoms with Gasteiger partial charge in [0, 0.05) is 13.5 Å². The topological polar surface area (TPSA) is 26.3 Å². The molecule has 0 aromatic carbocycles. The van der Waals surface area contributed by atoms with Crippen molar-refractivity contribution in [2.75, 3.05) is 13.7 Å². The maximum absolute atomic E-state index is 10.8. The minimum atomic E-state index is 0.205. The minimum absolute atomic E-state index is 0.205. The molecule has 0 aromatic heterocycles. The molecule has 0 unspecified atom stereocenters. The first-order valence-electron chi connectivity index (χ1n) is 3.67. The molecule has 0 amide bonds. The van der Waals surface area contributed by atoms with Crippen molar-refractivity contribution in [3.05, 3.63) is 0 Å². The summed E-state index contributed by atoms with van der Waals surface area (Å²) in [6.45, 7) is 4.49. The van der Waals surface area contributed by atoms with Crippen LogP contribution in [0.25, 0.3) is 0 Å². The average molecular weight is 144 g/mol. The molecule has 0 N–H and O–H groups in total. The van der Waals surface area contributed by atoms with Crippen LogP contribution in [0.2, 0.25) is 0 Å². The Morgan fingerprint density at radius 3 is 2.50 bits per heavy atom. The number of carbonyl (C=O) groups is 1. The summed E-state index contributed by atoms with van der Waals surface area (Å²) in [5, 5.41) is 0. The Morgan fingerprint density at radius 2 is 2.10 bits per heavy atom. The fourth-order valence-electron chi connectivity index (χ4n) is 0.683. The van der Waals surface area contributed by atoms with Crippen LogP contribution >= 0.6 is 0 Å². The SMILES string of the molecule is COCC(=O)CCC(C)C. The zero-order valence-corrected chi connectivity index (χ0v) is 7.02. The summed E-state index contributed by atoms with van der Waals surface area (Å²) >= 11 is 0. The van der Waals surface area contributed by atoms with Crippen LogP contribution in [0, 0.1) is 5.92 Å². The number of ketones is 1. The lowest BCUT2D eigenvalue weighted by Gasteiger charge is -2.01. The molecule has 0 aliphatic rings. The molecule has 0 saturated heterocycles. The van der Waals surface area contributed by atoms with E-state index < -0.39 is 0 Å². The molecule has 2 nitrogen and oxygen atoms in total. The van der Waals surface area contributed by atoms with Gasteiger partial charge in [-0.15, -0.1) is 0 Å². The van der Waals surface area contributed by atoms with Gasteiger partial charge in [-0.3, -0.25) is 4.79 Å². The maximum Gasteiger partial charge on any atom is 0.158 e. The summed E-state index contributed by atoms with van der Waals surface area (Å²) < 4.78 is 4.69. The maximum atomic E-state index is 10.8. The predicted molar refractivity (Wildman–Crippen MR) is 41.0 cm³/mol. The van der Waals surface area contributed by atoms with Gasteiger partial charge in [-0.25, -0.2) is 0 Å². The largest absolute Gasteiger partial charge is 0.377 e. The summed E-state index contributed by atoms with van der Waals surface area (Å²) in [6, 6.07) is 0. The molecule has 0 rings (SSSR count). The van der Waals surface area contributed by atoms with Crippen molar-refractivity contribution in [1.29, 1.82) is 0 Å². The van der Waals surface area contributed by atoms with E-state index in [2.05, 4.69) is 18.6 Å². The van der Waals surface area contributed by atoms with E-state index >= 15 is 0 Å². The van der Waals surface area contributed by atoms with Crippen molar-refractivity contribution in [2.45, 2.75) is 26.7 Å². The number of hydrogen-bond donors (Lipinski definition) is 0. The van der Waals surface area contributed by atoms with Gasteiger partial charge in [-0.1, -0.05) is 13.8 Å². The Labute approximate surface area is 62.6 Å². The van der Waals surface area contributed by atoms with Gasteiger partial charge in [0.05, 0.1) is 0 Å². The lowest BCUT2D eigenvalue weighted by atomic mass is 10.1. The van der Waals surface area contributed by atoms with Crippen molar-refractivity contribution in [3.8, 4) is 0 Å². The van der Waals surface area contributed by atoms with Gasteiger partial charge in [-0.05, 0) is 12.3 Å². The fraction of sp³-hybridized carbons (Fsp3) is 0.875. The molecular weight excluding hydrogens is 128 g/mol. The highest BCUT2D eigenvalue weighted by Crippen LogP contribution is 2.03. The minimum Gasteiger partial charge on any atom is -0.377 e. The fourth-order valence-corrected chi connectivity index (χ4v) is 0.683. The third-order valence-corrected chi connectivity index (χ3v) is 1.31. The highest BCUT2D eigenvalue weighted by atomic mass is 16.5. The third kappa shape index (κ3) is 5.76. The number of Topliss-reactive ketones (excluding diaryl/α,β-unsaturated/α-hetero) is 1. The summed E-state index contributed by atoms with van der Waals surface area (Å²) in [4.78, 5) is 10.8. The first-order valence-corrected chi connectivity index (χ1v) is 3.67. The lowest BCUT2D eigenvalue weighted by molar-refractivity contribution is -0.122. The lowest BCUT2D eigenvalue weighted by Crippen LogP contribution is -2.07. The summed E-state index contributed by atoms with van der Waals surface area (Å²) in [6.07, 6.45) is 1.63. The van der Waals surface area contributed by atoms with Crippen LogP contribution in [-0.2, 0) is 9.53 Å². The molecule has 0 aliphatic heterocycles. The van der Waals surface area contributed by atoms with E-state index in [4.69, 9.17) is 0 Å². The second-order valence-corrected chi connectivity index (χ2v) is 2.90. The standard InChI is InChI=1S/C8H16O2/c1-7(2)4-5-8(9)6-10-3/h7H,4-6H2,1-3H3. The Morgan fingerprint density at radius 1 is 1.50 bits per heavy atom. The third-order valence-electron chi connectivity index (χ3n) is 1.31. The van der Waals surface area contributed by atoms with Crippen molar-refractivity contribution in [2.24, 2.45) is 5.92 Å². The highest BCUT2D eigenvalue weighted by Gasteiger charge is 2.01. The van der Waals surface area contributed by atoms with Gasteiger partial charge < -0.3 is 4.74 Å². The van der Waals surface area contributed by atoms with Crippen LogP contribution in [0.15, 0.2) is 0 Å². The van der Waals surface area contributed by atoms with E-state index in [-0.39, 0.29) is 12.4 Å². The first-order chi connectivity index (χ1) is 4.66. The van der Waals surface area contributed by atoms with Crippen LogP contribution in [0.3, 0.4) is 0 Å². The van der Waals surface area contributed by atoms with Crippen molar-refractivity contribution in [1.82, 2.24) is 0 Å². The Kier molecular flexibility index (Phi) is 5.22. The van der Waals surface area contributed by atoms with E-state index in [1.165, 1.54) is 0 Å². The number of carbonyl (C=O) groups excluding carboxylic acids is 1. The number of ether oxygens (including phenoxy) is 1. The zero-order valence-electron chi connectivity index (χ0n) is 7.02. The second kappa shape index (κ2) is 5.42. The van der Waals surface area contributed by atoms with E-state index in [9.17, 15) is 4.79 Å². The monoisotopic (exact) mass is 144 g/mol. The molecule has 0 aliphatic carbocycles. The zero-order chi connectivity index (χ0) is 7.98. The van der Waals surface area contributed by atoms with E-state index in [0.717, 1.165) is 6.42 Å². The normalized spacial score (nSPS) is 10.4.